The van der Waals surface area contributed by atoms with Gasteiger partial charge in [-0.1, -0.05) is 61.5 Å². The van der Waals surface area contributed by atoms with E-state index in [2.05, 4.69) is 31.2 Å². The topological polar surface area (TPSA) is 17.1 Å². The molecular weight excluding hydrogens is 324 g/mol. The van der Waals surface area contributed by atoms with Crippen LogP contribution in [0.1, 0.15) is 22.8 Å². The minimum absolute atomic E-state index is 0.0261. The Balaban J connectivity index is 1.74. The number of hydrogen-bond donors (Lipinski definition) is 0. The third kappa shape index (κ3) is 4.71. The molecule has 0 atom stereocenters. The molecule has 0 saturated carbocycles. The number of carbonyl (C=O) groups is 1. The fraction of sp³-hybridized carbons (Fsp3) is 0.0870. The van der Waals surface area contributed by atoms with Gasteiger partial charge >= 0.3 is 0 Å². The van der Waals surface area contributed by atoms with Gasteiger partial charge in [0, 0.05) is 10.5 Å². The van der Waals surface area contributed by atoms with E-state index in [1.54, 1.807) is 17.8 Å². The maximum atomic E-state index is 12.3. The second-order valence-corrected chi connectivity index (χ2v) is 6.98. The molecule has 3 rings (SSSR count). The summed E-state index contributed by atoms with van der Waals surface area (Å²) in [5.74, 6) is 1.06. The van der Waals surface area contributed by atoms with Crippen LogP contribution < -0.4 is 0 Å². The first kappa shape index (κ1) is 17.2. The summed E-state index contributed by atoms with van der Waals surface area (Å²) in [6, 6.07) is 26.2. The number of allylic oxidation sites excluding steroid dienone is 1. The Morgan fingerprint density at radius 3 is 2.32 bits per heavy atom. The summed E-state index contributed by atoms with van der Waals surface area (Å²) in [6.45, 7) is 2.12. The predicted molar refractivity (Wildman–Crippen MR) is 108 cm³/mol. The predicted octanol–water partition coefficient (Wildman–Crippen LogP) is 6.36. The van der Waals surface area contributed by atoms with E-state index < -0.39 is 0 Å². The highest BCUT2D eigenvalue weighted by atomic mass is 32.2. The van der Waals surface area contributed by atoms with E-state index in [1.807, 2.05) is 60.7 Å². The lowest BCUT2D eigenvalue weighted by Crippen LogP contribution is -1.93. The molecule has 0 N–H and O–H groups in total. The lowest BCUT2D eigenvalue weighted by molar-refractivity contribution is 0.104. The van der Waals surface area contributed by atoms with E-state index in [4.69, 9.17) is 0 Å². The zero-order valence-electron chi connectivity index (χ0n) is 14.2. The molecule has 1 nitrogen and oxygen atoms in total. The largest absolute Gasteiger partial charge is 0.289 e. The highest BCUT2D eigenvalue weighted by Crippen LogP contribution is 2.21. The molecule has 124 valence electrons. The van der Waals surface area contributed by atoms with Crippen molar-refractivity contribution in [3.63, 3.8) is 0 Å². The summed E-state index contributed by atoms with van der Waals surface area (Å²) < 4.78 is 0. The number of benzene rings is 3. The van der Waals surface area contributed by atoms with E-state index in [0.717, 1.165) is 22.4 Å². The summed E-state index contributed by atoms with van der Waals surface area (Å²) in [6.07, 6.45) is 3.52. The Kier molecular flexibility index (Phi) is 5.86. The molecule has 0 bridgehead atoms. The van der Waals surface area contributed by atoms with Crippen molar-refractivity contribution in [3.8, 4) is 11.1 Å². The molecule has 0 unspecified atom stereocenters. The molecule has 0 saturated heterocycles. The van der Waals surface area contributed by atoms with Crippen LogP contribution in [0.5, 0.6) is 0 Å². The van der Waals surface area contributed by atoms with Crippen LogP contribution in [-0.4, -0.2) is 11.5 Å². The molecule has 0 heterocycles. The molecule has 0 fully saturated rings. The molecule has 2 heteroatoms. The Morgan fingerprint density at radius 1 is 0.880 bits per heavy atom. The molecule has 0 aliphatic carbocycles. The van der Waals surface area contributed by atoms with Crippen LogP contribution in [0.15, 0.2) is 89.8 Å². The summed E-state index contributed by atoms with van der Waals surface area (Å²) in [5.41, 5.74) is 4.06. The van der Waals surface area contributed by atoms with Gasteiger partial charge in [-0.05, 0) is 58.9 Å². The molecule has 0 spiro atoms. The molecule has 3 aromatic rings. The molecule has 0 aliphatic heterocycles. The quantitative estimate of drug-likeness (QED) is 0.294. The monoisotopic (exact) mass is 344 g/mol. The Labute approximate surface area is 153 Å². The van der Waals surface area contributed by atoms with E-state index in [-0.39, 0.29) is 5.78 Å². The fourth-order valence-electron chi connectivity index (χ4n) is 2.60. The number of ketones is 1. The number of thioether (sulfide) groups is 1. The van der Waals surface area contributed by atoms with E-state index in [1.165, 1.54) is 10.5 Å². The van der Waals surface area contributed by atoms with Gasteiger partial charge in [0.1, 0.15) is 0 Å². The molecular formula is C23H20OS. The lowest BCUT2D eigenvalue weighted by Gasteiger charge is -2.03. The Morgan fingerprint density at radius 2 is 1.60 bits per heavy atom. The molecule has 0 aromatic heterocycles. The standard InChI is InChI=1S/C23H20OS/c1-2-25-22-14-12-20(13-15-22)23(24)16-11-18-7-6-10-21(17-18)19-8-4-3-5-9-19/h3-17H,2H2,1H3/b16-11+. The SMILES string of the molecule is CCSc1ccc(C(=O)/C=C/c2cccc(-c3ccccc3)c2)cc1. The van der Waals surface area contributed by atoms with Crippen molar-refractivity contribution in [1.82, 2.24) is 0 Å². The number of hydrogen-bond acceptors (Lipinski definition) is 2. The molecule has 25 heavy (non-hydrogen) atoms. The summed E-state index contributed by atoms with van der Waals surface area (Å²) in [4.78, 5) is 13.5. The normalized spacial score (nSPS) is 10.9. The van der Waals surface area contributed by atoms with Gasteiger partial charge in [-0.3, -0.25) is 4.79 Å². The fourth-order valence-corrected chi connectivity index (χ4v) is 3.26. The summed E-state index contributed by atoms with van der Waals surface area (Å²) in [5, 5.41) is 0. The summed E-state index contributed by atoms with van der Waals surface area (Å²) in [7, 11) is 0. The Hall–Kier alpha value is -2.58. The van der Waals surface area contributed by atoms with Crippen LogP contribution in [-0.2, 0) is 0 Å². The second-order valence-electron chi connectivity index (χ2n) is 5.65. The van der Waals surface area contributed by atoms with Gasteiger partial charge in [0.25, 0.3) is 0 Å². The molecule has 0 aliphatic rings. The van der Waals surface area contributed by atoms with Crippen LogP contribution >= 0.6 is 11.8 Å². The van der Waals surface area contributed by atoms with Crippen LogP contribution in [0.2, 0.25) is 0 Å². The van der Waals surface area contributed by atoms with Gasteiger partial charge in [0.2, 0.25) is 0 Å². The maximum Gasteiger partial charge on any atom is 0.185 e. The first-order valence-electron chi connectivity index (χ1n) is 8.37. The number of carbonyl (C=O) groups excluding carboxylic acids is 1. The van der Waals surface area contributed by atoms with Gasteiger partial charge < -0.3 is 0 Å². The minimum Gasteiger partial charge on any atom is -0.289 e. The average Bonchev–Trinajstić information content (AvgIpc) is 2.68. The zero-order chi connectivity index (χ0) is 17.5. The van der Waals surface area contributed by atoms with Crippen molar-refractivity contribution in [3.05, 3.63) is 96.1 Å². The number of rotatable bonds is 6. The highest BCUT2D eigenvalue weighted by molar-refractivity contribution is 7.99. The zero-order valence-corrected chi connectivity index (χ0v) is 15.0. The molecule has 3 aromatic carbocycles. The molecule has 0 radical (unpaired) electrons. The van der Waals surface area contributed by atoms with Crippen molar-refractivity contribution in [2.75, 3.05) is 5.75 Å². The van der Waals surface area contributed by atoms with Gasteiger partial charge in [-0.15, -0.1) is 11.8 Å². The first-order chi connectivity index (χ1) is 12.3. The highest BCUT2D eigenvalue weighted by Gasteiger charge is 2.02. The van der Waals surface area contributed by atoms with E-state index in [9.17, 15) is 4.79 Å². The van der Waals surface area contributed by atoms with Crippen molar-refractivity contribution >= 4 is 23.6 Å². The van der Waals surface area contributed by atoms with Crippen molar-refractivity contribution < 1.29 is 4.79 Å². The van der Waals surface area contributed by atoms with Crippen LogP contribution in [0, 0.1) is 0 Å². The van der Waals surface area contributed by atoms with Crippen molar-refractivity contribution in [1.29, 1.82) is 0 Å². The van der Waals surface area contributed by atoms with Crippen LogP contribution in [0.3, 0.4) is 0 Å². The second kappa shape index (κ2) is 8.50. The Bertz CT molecular complexity index is 864. The smallest absolute Gasteiger partial charge is 0.185 e. The van der Waals surface area contributed by atoms with Crippen LogP contribution in [0.4, 0.5) is 0 Å². The van der Waals surface area contributed by atoms with Gasteiger partial charge in [0.05, 0.1) is 0 Å². The first-order valence-corrected chi connectivity index (χ1v) is 9.35. The third-order valence-corrected chi connectivity index (χ3v) is 4.76. The maximum absolute atomic E-state index is 12.3. The lowest BCUT2D eigenvalue weighted by atomic mass is 10.0. The van der Waals surface area contributed by atoms with Gasteiger partial charge in [-0.2, -0.15) is 0 Å². The summed E-state index contributed by atoms with van der Waals surface area (Å²) >= 11 is 1.78. The van der Waals surface area contributed by atoms with Crippen molar-refractivity contribution in [2.45, 2.75) is 11.8 Å². The van der Waals surface area contributed by atoms with Crippen molar-refractivity contribution in [2.24, 2.45) is 0 Å². The van der Waals surface area contributed by atoms with E-state index in [0.29, 0.717) is 0 Å². The average molecular weight is 344 g/mol. The van der Waals surface area contributed by atoms with Crippen LogP contribution in [0.25, 0.3) is 17.2 Å². The third-order valence-electron chi connectivity index (χ3n) is 3.87. The van der Waals surface area contributed by atoms with E-state index >= 15 is 0 Å². The van der Waals surface area contributed by atoms with Gasteiger partial charge in [0.15, 0.2) is 5.78 Å². The van der Waals surface area contributed by atoms with Gasteiger partial charge in [-0.25, -0.2) is 0 Å². The molecule has 0 amide bonds. The minimum atomic E-state index is 0.0261.